The van der Waals surface area contributed by atoms with Gasteiger partial charge in [0.2, 0.25) is 0 Å². The zero-order valence-electron chi connectivity index (χ0n) is 15.7. The van der Waals surface area contributed by atoms with Crippen LogP contribution in [0.2, 0.25) is 0 Å². The van der Waals surface area contributed by atoms with Crippen LogP contribution >= 0.6 is 0 Å². The summed E-state index contributed by atoms with van der Waals surface area (Å²) < 4.78 is 66.2. The zero-order valence-corrected chi connectivity index (χ0v) is 16.5. The number of aryl methyl sites for hydroxylation is 1. The second-order valence-corrected chi connectivity index (χ2v) is 8.67. The number of hydrogen-bond donors (Lipinski definition) is 2. The Morgan fingerprint density at radius 2 is 1.76 bits per heavy atom. The van der Waals surface area contributed by atoms with Gasteiger partial charge >= 0.3 is 12.2 Å². The molecule has 0 aliphatic heterocycles. The highest BCUT2D eigenvalue weighted by Crippen LogP contribution is 2.29. The Hall–Kier alpha value is -2.56. The number of amides is 2. The van der Waals surface area contributed by atoms with E-state index >= 15 is 0 Å². The molecule has 2 aromatic rings. The van der Waals surface area contributed by atoms with E-state index in [1.807, 2.05) is 4.72 Å². The molecule has 29 heavy (non-hydrogen) atoms. The maximum absolute atomic E-state index is 12.8. The van der Waals surface area contributed by atoms with E-state index in [2.05, 4.69) is 10.4 Å². The summed E-state index contributed by atoms with van der Waals surface area (Å²) in [5.74, 6) is 0. The highest BCUT2D eigenvalue weighted by molar-refractivity contribution is 7.90. The van der Waals surface area contributed by atoms with Crippen LogP contribution in [0.1, 0.15) is 43.5 Å². The highest BCUT2D eigenvalue weighted by atomic mass is 32.2. The van der Waals surface area contributed by atoms with Gasteiger partial charge in [-0.1, -0.05) is 19.3 Å². The molecule has 0 bridgehead atoms. The van der Waals surface area contributed by atoms with Crippen molar-refractivity contribution < 1.29 is 26.4 Å². The lowest BCUT2D eigenvalue weighted by molar-refractivity contribution is -0.141. The fourth-order valence-electron chi connectivity index (χ4n) is 3.28. The number of hydrogen-bond acceptors (Lipinski definition) is 4. The van der Waals surface area contributed by atoms with Crippen LogP contribution in [0.5, 0.6) is 0 Å². The Kier molecular flexibility index (Phi) is 5.87. The van der Waals surface area contributed by atoms with Crippen molar-refractivity contribution in [2.24, 2.45) is 0 Å². The van der Waals surface area contributed by atoms with Crippen molar-refractivity contribution in [3.8, 4) is 5.69 Å². The third-order valence-corrected chi connectivity index (χ3v) is 6.08. The Bertz CT molecular complexity index is 979. The minimum absolute atomic E-state index is 0.0491. The van der Waals surface area contributed by atoms with E-state index in [4.69, 9.17) is 0 Å². The number of benzene rings is 1. The molecule has 158 valence electrons. The van der Waals surface area contributed by atoms with E-state index in [1.165, 1.54) is 31.2 Å². The summed E-state index contributed by atoms with van der Waals surface area (Å²) in [5, 5.41) is 6.18. The van der Waals surface area contributed by atoms with E-state index in [0.29, 0.717) is 0 Å². The van der Waals surface area contributed by atoms with Crippen molar-refractivity contribution >= 4 is 16.1 Å². The summed E-state index contributed by atoms with van der Waals surface area (Å²) in [6.07, 6.45) is 0.125. The van der Waals surface area contributed by atoms with Crippen molar-refractivity contribution in [1.29, 1.82) is 0 Å². The van der Waals surface area contributed by atoms with Gasteiger partial charge in [0.25, 0.3) is 10.0 Å². The van der Waals surface area contributed by atoms with Crippen molar-refractivity contribution in [2.45, 2.75) is 56.1 Å². The van der Waals surface area contributed by atoms with E-state index < -0.39 is 27.9 Å². The normalized spacial score (nSPS) is 15.9. The Balaban J connectivity index is 1.72. The van der Waals surface area contributed by atoms with E-state index in [-0.39, 0.29) is 22.3 Å². The van der Waals surface area contributed by atoms with Gasteiger partial charge in [0.15, 0.2) is 5.69 Å². The molecule has 3 rings (SSSR count). The number of aromatic nitrogens is 2. The van der Waals surface area contributed by atoms with Crippen molar-refractivity contribution in [3.63, 3.8) is 0 Å². The van der Waals surface area contributed by atoms with Gasteiger partial charge in [-0.25, -0.2) is 22.6 Å². The summed E-state index contributed by atoms with van der Waals surface area (Å²) >= 11 is 0. The predicted octanol–water partition coefficient (Wildman–Crippen LogP) is 3.52. The molecular weight excluding hydrogens is 409 g/mol. The molecule has 11 heteroatoms. The van der Waals surface area contributed by atoms with Crippen LogP contribution in [0.25, 0.3) is 5.69 Å². The highest BCUT2D eigenvalue weighted by Gasteiger charge is 2.34. The van der Waals surface area contributed by atoms with Crippen LogP contribution in [-0.2, 0) is 16.2 Å². The first-order chi connectivity index (χ1) is 13.6. The molecule has 2 amide bonds. The summed E-state index contributed by atoms with van der Waals surface area (Å²) in [5.41, 5.74) is -0.519. The molecule has 1 aliphatic carbocycles. The summed E-state index contributed by atoms with van der Waals surface area (Å²) in [7, 11) is -4.11. The number of halogens is 3. The molecular formula is C18H21F3N4O3S. The third kappa shape index (κ3) is 5.08. The molecule has 1 heterocycles. The molecule has 1 fully saturated rings. The maximum atomic E-state index is 12.8. The smallest absolute Gasteiger partial charge is 0.335 e. The number of sulfonamides is 1. The van der Waals surface area contributed by atoms with Crippen LogP contribution in [0.15, 0.2) is 35.2 Å². The third-order valence-electron chi connectivity index (χ3n) is 4.74. The van der Waals surface area contributed by atoms with Crippen LogP contribution in [0.4, 0.5) is 18.0 Å². The Morgan fingerprint density at radius 1 is 1.14 bits per heavy atom. The molecule has 0 spiro atoms. The molecule has 1 aromatic heterocycles. The molecule has 7 nitrogen and oxygen atoms in total. The Morgan fingerprint density at radius 3 is 2.31 bits per heavy atom. The molecule has 0 radical (unpaired) electrons. The van der Waals surface area contributed by atoms with Gasteiger partial charge in [-0.15, -0.1) is 0 Å². The number of urea groups is 1. The summed E-state index contributed by atoms with van der Waals surface area (Å²) in [4.78, 5) is 11.8. The van der Waals surface area contributed by atoms with Crippen molar-refractivity contribution in [2.75, 3.05) is 0 Å². The number of alkyl halides is 3. The molecule has 1 saturated carbocycles. The minimum Gasteiger partial charge on any atom is -0.335 e. The maximum Gasteiger partial charge on any atom is 0.435 e. The molecule has 0 unspecified atom stereocenters. The van der Waals surface area contributed by atoms with Gasteiger partial charge < -0.3 is 5.32 Å². The topological polar surface area (TPSA) is 93.1 Å². The van der Waals surface area contributed by atoms with Gasteiger partial charge in [0.1, 0.15) is 0 Å². The van der Waals surface area contributed by atoms with Gasteiger partial charge in [-0.05, 0) is 50.1 Å². The molecule has 0 saturated heterocycles. The van der Waals surface area contributed by atoms with Gasteiger partial charge in [0, 0.05) is 11.7 Å². The van der Waals surface area contributed by atoms with Crippen LogP contribution in [0.3, 0.4) is 0 Å². The largest absolute Gasteiger partial charge is 0.435 e. The number of nitrogens with zero attached hydrogens (tertiary/aromatic N) is 2. The van der Waals surface area contributed by atoms with Crippen molar-refractivity contribution in [3.05, 3.63) is 41.7 Å². The van der Waals surface area contributed by atoms with E-state index in [1.54, 1.807) is 0 Å². The molecule has 2 N–H and O–H groups in total. The van der Waals surface area contributed by atoms with Gasteiger partial charge in [-0.3, -0.25) is 0 Å². The Labute approximate surface area is 166 Å². The van der Waals surface area contributed by atoms with Crippen molar-refractivity contribution in [1.82, 2.24) is 19.8 Å². The SMILES string of the molecule is Cc1cc(C(F)(F)F)nn1-c1ccc(S(=O)(=O)NC(=O)NC2CCCCC2)cc1. The van der Waals surface area contributed by atoms with E-state index in [9.17, 15) is 26.4 Å². The molecule has 1 aliphatic rings. The first kappa shape index (κ1) is 21.2. The fraction of sp³-hybridized carbons (Fsp3) is 0.444. The summed E-state index contributed by atoms with van der Waals surface area (Å²) in [6, 6.07) is 5.13. The number of rotatable bonds is 4. The zero-order chi connectivity index (χ0) is 21.2. The lowest BCUT2D eigenvalue weighted by atomic mass is 9.96. The first-order valence-electron chi connectivity index (χ1n) is 9.14. The van der Waals surface area contributed by atoms with Gasteiger partial charge in [0.05, 0.1) is 10.6 Å². The second kappa shape index (κ2) is 8.05. The molecule has 0 atom stereocenters. The fourth-order valence-corrected chi connectivity index (χ4v) is 4.20. The average molecular weight is 430 g/mol. The lowest BCUT2D eigenvalue weighted by Crippen LogP contribution is -2.45. The van der Waals surface area contributed by atoms with Crippen LogP contribution in [-0.4, -0.2) is 30.3 Å². The predicted molar refractivity (Wildman–Crippen MR) is 99.0 cm³/mol. The number of carbonyl (C=O) groups excluding carboxylic acids is 1. The first-order valence-corrected chi connectivity index (χ1v) is 10.6. The number of nitrogens with one attached hydrogen (secondary N) is 2. The standard InChI is InChI=1S/C18H21F3N4O3S/c1-12-11-16(18(19,20)21)23-25(12)14-7-9-15(10-8-14)29(27,28)24-17(26)22-13-5-3-2-4-6-13/h7-11,13H,2-6H2,1H3,(H2,22,24,26). The lowest BCUT2D eigenvalue weighted by Gasteiger charge is -2.22. The van der Waals surface area contributed by atoms with Crippen LogP contribution < -0.4 is 10.0 Å². The average Bonchev–Trinajstić information content (AvgIpc) is 3.04. The minimum atomic E-state index is -4.57. The number of carbonyl (C=O) groups is 1. The quantitative estimate of drug-likeness (QED) is 0.776. The monoisotopic (exact) mass is 430 g/mol. The second-order valence-electron chi connectivity index (χ2n) is 6.99. The summed E-state index contributed by atoms with van der Waals surface area (Å²) in [6.45, 7) is 1.46. The van der Waals surface area contributed by atoms with Gasteiger partial charge in [-0.2, -0.15) is 18.3 Å². The molecule has 1 aromatic carbocycles. The van der Waals surface area contributed by atoms with Crippen LogP contribution in [0, 0.1) is 6.92 Å². The van der Waals surface area contributed by atoms with E-state index in [0.717, 1.165) is 42.9 Å².